The fourth-order valence-corrected chi connectivity index (χ4v) is 1.34. The summed E-state index contributed by atoms with van der Waals surface area (Å²) in [6.07, 6.45) is 1.86. The first-order valence-electron chi connectivity index (χ1n) is 5.04. The number of anilines is 1. The van der Waals surface area contributed by atoms with Crippen LogP contribution in [-0.2, 0) is 0 Å². The number of aliphatic hydroxyl groups excluding tert-OH is 1. The van der Waals surface area contributed by atoms with E-state index in [2.05, 4.69) is 29.4 Å². The minimum Gasteiger partial charge on any atom is -0.391 e. The molecule has 0 aliphatic heterocycles. The van der Waals surface area contributed by atoms with Gasteiger partial charge in [-0.3, -0.25) is 4.79 Å². The predicted molar refractivity (Wildman–Crippen MR) is 58.8 cm³/mol. The first kappa shape index (κ1) is 11.7. The minimum absolute atomic E-state index is 0.252. The number of aliphatic hydroxyl groups is 1. The maximum atomic E-state index is 10.9. The van der Waals surface area contributed by atoms with Gasteiger partial charge in [-0.2, -0.15) is 5.10 Å². The molecule has 1 atom stereocenters. The van der Waals surface area contributed by atoms with Crippen molar-refractivity contribution in [3.05, 3.63) is 22.6 Å². The van der Waals surface area contributed by atoms with Crippen LogP contribution in [0.1, 0.15) is 20.3 Å². The van der Waals surface area contributed by atoms with Gasteiger partial charge in [0.2, 0.25) is 0 Å². The molecule has 84 valence electrons. The lowest BCUT2D eigenvalue weighted by atomic mass is 10.1. The maximum Gasteiger partial charge on any atom is 0.266 e. The number of nitrogens with one attached hydrogen (secondary N) is 2. The first-order chi connectivity index (χ1) is 7.08. The van der Waals surface area contributed by atoms with Gasteiger partial charge in [-0.25, -0.2) is 5.10 Å². The van der Waals surface area contributed by atoms with Crippen molar-refractivity contribution >= 4 is 5.69 Å². The van der Waals surface area contributed by atoms with Gasteiger partial charge in [-0.05, 0) is 12.3 Å². The first-order valence-corrected chi connectivity index (χ1v) is 5.04. The second-order valence-electron chi connectivity index (χ2n) is 4.00. The molecule has 0 saturated carbocycles. The van der Waals surface area contributed by atoms with E-state index in [-0.39, 0.29) is 5.56 Å². The Morgan fingerprint density at radius 1 is 1.60 bits per heavy atom. The number of aromatic nitrogens is 2. The molecule has 1 aromatic rings. The molecule has 0 saturated heterocycles. The van der Waals surface area contributed by atoms with Gasteiger partial charge in [0.1, 0.15) is 0 Å². The van der Waals surface area contributed by atoms with Crippen LogP contribution in [0.2, 0.25) is 0 Å². The Morgan fingerprint density at radius 2 is 2.33 bits per heavy atom. The normalized spacial score (nSPS) is 12.8. The van der Waals surface area contributed by atoms with Crippen molar-refractivity contribution in [2.75, 3.05) is 11.9 Å². The van der Waals surface area contributed by atoms with Crippen molar-refractivity contribution in [2.45, 2.75) is 26.4 Å². The van der Waals surface area contributed by atoms with Crippen molar-refractivity contribution in [2.24, 2.45) is 5.92 Å². The van der Waals surface area contributed by atoms with Crippen LogP contribution in [0.5, 0.6) is 0 Å². The van der Waals surface area contributed by atoms with Gasteiger partial charge in [-0.1, -0.05) is 13.8 Å². The lowest BCUT2D eigenvalue weighted by Crippen LogP contribution is -2.22. The predicted octanol–water partition coefficient (Wildman–Crippen LogP) is 0.589. The molecule has 1 rings (SSSR count). The van der Waals surface area contributed by atoms with E-state index < -0.39 is 6.10 Å². The van der Waals surface area contributed by atoms with Crippen LogP contribution >= 0.6 is 0 Å². The average Bonchev–Trinajstić information content (AvgIpc) is 2.14. The molecule has 15 heavy (non-hydrogen) atoms. The molecule has 0 aromatic carbocycles. The van der Waals surface area contributed by atoms with E-state index in [1.807, 2.05) is 0 Å². The highest BCUT2D eigenvalue weighted by Gasteiger charge is 2.06. The summed E-state index contributed by atoms with van der Waals surface area (Å²) in [5, 5.41) is 18.5. The summed E-state index contributed by atoms with van der Waals surface area (Å²) in [5.74, 6) is 0.458. The van der Waals surface area contributed by atoms with Crippen LogP contribution in [0.25, 0.3) is 0 Å². The topological polar surface area (TPSA) is 78.0 Å². The van der Waals surface area contributed by atoms with Gasteiger partial charge in [0.05, 0.1) is 18.0 Å². The molecule has 0 spiro atoms. The maximum absolute atomic E-state index is 10.9. The molecule has 0 amide bonds. The molecule has 0 radical (unpaired) electrons. The summed E-state index contributed by atoms with van der Waals surface area (Å²) >= 11 is 0. The lowest BCUT2D eigenvalue weighted by Gasteiger charge is -2.14. The number of rotatable bonds is 5. The Balaban J connectivity index is 2.40. The van der Waals surface area contributed by atoms with Crippen LogP contribution in [0.15, 0.2) is 17.1 Å². The Hall–Kier alpha value is -1.36. The molecule has 5 nitrogen and oxygen atoms in total. The van der Waals surface area contributed by atoms with Crippen molar-refractivity contribution in [1.29, 1.82) is 0 Å². The number of hydrogen-bond donors (Lipinski definition) is 3. The van der Waals surface area contributed by atoms with E-state index in [0.29, 0.717) is 18.2 Å². The van der Waals surface area contributed by atoms with Crippen molar-refractivity contribution in [1.82, 2.24) is 10.2 Å². The van der Waals surface area contributed by atoms with Gasteiger partial charge in [0.15, 0.2) is 0 Å². The molecule has 0 bridgehead atoms. The van der Waals surface area contributed by atoms with E-state index in [1.54, 1.807) is 0 Å². The average molecular weight is 211 g/mol. The van der Waals surface area contributed by atoms with Crippen LogP contribution in [-0.4, -0.2) is 28.0 Å². The SMILES string of the molecule is CC(C)CC(O)CNc1cn[nH]c(=O)c1. The van der Waals surface area contributed by atoms with E-state index >= 15 is 0 Å². The summed E-state index contributed by atoms with van der Waals surface area (Å²) in [4.78, 5) is 10.9. The second kappa shape index (κ2) is 5.50. The zero-order valence-electron chi connectivity index (χ0n) is 9.03. The van der Waals surface area contributed by atoms with Crippen molar-refractivity contribution in [3.8, 4) is 0 Å². The van der Waals surface area contributed by atoms with Crippen molar-refractivity contribution < 1.29 is 5.11 Å². The van der Waals surface area contributed by atoms with Crippen LogP contribution in [0.3, 0.4) is 0 Å². The van der Waals surface area contributed by atoms with E-state index in [4.69, 9.17) is 0 Å². The summed E-state index contributed by atoms with van der Waals surface area (Å²) < 4.78 is 0. The minimum atomic E-state index is -0.399. The summed E-state index contributed by atoms with van der Waals surface area (Å²) in [7, 11) is 0. The Bertz CT molecular complexity index is 349. The number of hydrogen-bond acceptors (Lipinski definition) is 4. The summed E-state index contributed by atoms with van der Waals surface area (Å²) in [6, 6.07) is 1.41. The lowest BCUT2D eigenvalue weighted by molar-refractivity contribution is 0.161. The van der Waals surface area contributed by atoms with Gasteiger partial charge in [-0.15, -0.1) is 0 Å². The third-order valence-electron chi connectivity index (χ3n) is 1.95. The number of aromatic amines is 1. The van der Waals surface area contributed by atoms with E-state index in [0.717, 1.165) is 6.42 Å². The van der Waals surface area contributed by atoms with Gasteiger partial charge >= 0.3 is 0 Å². The third-order valence-corrected chi connectivity index (χ3v) is 1.95. The zero-order chi connectivity index (χ0) is 11.3. The molecule has 1 unspecified atom stereocenters. The van der Waals surface area contributed by atoms with Gasteiger partial charge in [0.25, 0.3) is 5.56 Å². The highest BCUT2D eigenvalue weighted by atomic mass is 16.3. The monoisotopic (exact) mass is 211 g/mol. The quantitative estimate of drug-likeness (QED) is 0.666. The molecule has 0 aliphatic rings. The van der Waals surface area contributed by atoms with Crippen LogP contribution < -0.4 is 10.9 Å². The molecule has 0 fully saturated rings. The van der Waals surface area contributed by atoms with Crippen LogP contribution in [0.4, 0.5) is 5.69 Å². The smallest absolute Gasteiger partial charge is 0.266 e. The molecular formula is C10H17N3O2. The van der Waals surface area contributed by atoms with Crippen LogP contribution in [0, 0.1) is 5.92 Å². The standard InChI is InChI=1S/C10H17N3O2/c1-7(2)3-9(14)6-11-8-4-10(15)13-12-5-8/h4-5,7,9,14H,3,6H2,1-2H3,(H2,11,13,15). The second-order valence-corrected chi connectivity index (χ2v) is 4.00. The number of nitrogens with zero attached hydrogens (tertiary/aromatic N) is 1. The summed E-state index contributed by atoms with van der Waals surface area (Å²) in [5.41, 5.74) is 0.375. The fourth-order valence-electron chi connectivity index (χ4n) is 1.34. The van der Waals surface area contributed by atoms with Crippen molar-refractivity contribution in [3.63, 3.8) is 0 Å². The third kappa shape index (κ3) is 4.60. The fraction of sp³-hybridized carbons (Fsp3) is 0.600. The molecule has 0 aliphatic carbocycles. The van der Waals surface area contributed by atoms with E-state index in [9.17, 15) is 9.90 Å². The van der Waals surface area contributed by atoms with Gasteiger partial charge in [0, 0.05) is 12.6 Å². The highest BCUT2D eigenvalue weighted by molar-refractivity contribution is 5.38. The zero-order valence-corrected chi connectivity index (χ0v) is 9.03. The highest BCUT2D eigenvalue weighted by Crippen LogP contribution is 2.06. The Kier molecular flexibility index (Phi) is 4.30. The van der Waals surface area contributed by atoms with Gasteiger partial charge < -0.3 is 10.4 Å². The molecule has 1 heterocycles. The number of H-pyrrole nitrogens is 1. The van der Waals surface area contributed by atoms with E-state index in [1.165, 1.54) is 12.3 Å². The Labute approximate surface area is 88.5 Å². The summed E-state index contributed by atoms with van der Waals surface area (Å²) in [6.45, 7) is 4.54. The molecule has 3 N–H and O–H groups in total. The molecule has 5 heteroatoms. The molecular weight excluding hydrogens is 194 g/mol. The largest absolute Gasteiger partial charge is 0.391 e. The molecule has 1 aromatic heterocycles. The Morgan fingerprint density at radius 3 is 2.93 bits per heavy atom.